The van der Waals surface area contributed by atoms with Gasteiger partial charge in [-0.25, -0.2) is 4.39 Å². The maximum atomic E-state index is 13.4. The fourth-order valence-corrected chi connectivity index (χ4v) is 1.58. The molecular weight excluding hydrogens is 245 g/mol. The van der Waals surface area contributed by atoms with Crippen LogP contribution < -0.4 is 5.32 Å². The summed E-state index contributed by atoms with van der Waals surface area (Å²) >= 11 is 5.64. The van der Waals surface area contributed by atoms with E-state index in [1.165, 1.54) is 6.07 Å². The van der Waals surface area contributed by atoms with Crippen molar-refractivity contribution in [2.45, 2.75) is 13.2 Å². The third kappa shape index (κ3) is 2.99. The minimum absolute atomic E-state index is 0.144. The fourth-order valence-electron chi connectivity index (χ4n) is 1.42. The summed E-state index contributed by atoms with van der Waals surface area (Å²) in [6.45, 7) is 0.202. The SMILES string of the molecule is OCc1ccc(CNc2ccc(Cl)cc2F)o1. The lowest BCUT2D eigenvalue weighted by Gasteiger charge is -2.05. The molecule has 3 nitrogen and oxygen atoms in total. The Hall–Kier alpha value is -1.52. The molecule has 0 spiro atoms. The number of anilines is 1. The summed E-state index contributed by atoms with van der Waals surface area (Å²) in [7, 11) is 0. The molecule has 0 amide bonds. The molecule has 2 rings (SSSR count). The van der Waals surface area contributed by atoms with Gasteiger partial charge in [0.1, 0.15) is 23.9 Å². The van der Waals surface area contributed by atoms with Gasteiger partial charge in [0.2, 0.25) is 0 Å². The smallest absolute Gasteiger partial charge is 0.147 e. The predicted octanol–water partition coefficient (Wildman–Crippen LogP) is 3.18. The first kappa shape index (κ1) is 12.0. The van der Waals surface area contributed by atoms with E-state index in [2.05, 4.69) is 5.32 Å². The van der Waals surface area contributed by atoms with Gasteiger partial charge in [-0.3, -0.25) is 0 Å². The van der Waals surface area contributed by atoms with Crippen LogP contribution in [0.4, 0.5) is 10.1 Å². The van der Waals surface area contributed by atoms with E-state index in [0.29, 0.717) is 28.8 Å². The van der Waals surface area contributed by atoms with Crippen molar-refractivity contribution >= 4 is 17.3 Å². The third-order valence-corrected chi connectivity index (χ3v) is 2.49. The molecule has 90 valence electrons. The first-order valence-corrected chi connectivity index (χ1v) is 5.44. The van der Waals surface area contributed by atoms with E-state index >= 15 is 0 Å². The lowest BCUT2D eigenvalue weighted by atomic mass is 10.3. The largest absolute Gasteiger partial charge is 0.462 e. The monoisotopic (exact) mass is 255 g/mol. The van der Waals surface area contributed by atoms with Crippen LogP contribution in [0.3, 0.4) is 0 Å². The predicted molar refractivity (Wildman–Crippen MR) is 63.4 cm³/mol. The van der Waals surface area contributed by atoms with E-state index in [9.17, 15) is 4.39 Å². The Morgan fingerprint density at radius 1 is 1.24 bits per heavy atom. The summed E-state index contributed by atoms with van der Waals surface area (Å²) in [6.07, 6.45) is 0. The lowest BCUT2D eigenvalue weighted by Crippen LogP contribution is -2.00. The van der Waals surface area contributed by atoms with Gasteiger partial charge in [0.05, 0.1) is 12.2 Å². The van der Waals surface area contributed by atoms with Gasteiger partial charge in [-0.1, -0.05) is 11.6 Å². The molecular formula is C12H11ClFNO2. The molecule has 1 aromatic heterocycles. The molecule has 2 aromatic rings. The van der Waals surface area contributed by atoms with E-state index < -0.39 is 5.82 Å². The van der Waals surface area contributed by atoms with E-state index in [-0.39, 0.29) is 6.61 Å². The summed E-state index contributed by atoms with van der Waals surface area (Å²) in [5.41, 5.74) is 0.358. The first-order chi connectivity index (χ1) is 8.19. The van der Waals surface area contributed by atoms with Gasteiger partial charge >= 0.3 is 0 Å². The van der Waals surface area contributed by atoms with Gasteiger partial charge in [-0.15, -0.1) is 0 Å². The minimum atomic E-state index is -0.411. The maximum Gasteiger partial charge on any atom is 0.147 e. The second-order valence-corrected chi connectivity index (χ2v) is 3.94. The van der Waals surface area contributed by atoms with Crippen LogP contribution in [0.2, 0.25) is 5.02 Å². The van der Waals surface area contributed by atoms with Crippen molar-refractivity contribution in [2.24, 2.45) is 0 Å². The average Bonchev–Trinajstić information content (AvgIpc) is 2.76. The van der Waals surface area contributed by atoms with Crippen LogP contribution >= 0.6 is 11.6 Å². The van der Waals surface area contributed by atoms with Gasteiger partial charge in [0.25, 0.3) is 0 Å². The van der Waals surface area contributed by atoms with E-state index in [1.54, 1.807) is 24.3 Å². The molecule has 2 N–H and O–H groups in total. The standard InChI is InChI=1S/C12H11ClFNO2/c13-8-1-4-12(11(14)5-8)15-6-9-2-3-10(7-16)17-9/h1-5,15-16H,6-7H2. The highest BCUT2D eigenvalue weighted by molar-refractivity contribution is 6.30. The summed E-state index contributed by atoms with van der Waals surface area (Å²) in [6, 6.07) is 7.81. The van der Waals surface area contributed by atoms with Crippen LogP contribution in [0, 0.1) is 5.82 Å². The topological polar surface area (TPSA) is 45.4 Å². The second-order valence-electron chi connectivity index (χ2n) is 3.50. The highest BCUT2D eigenvalue weighted by Crippen LogP contribution is 2.19. The normalized spacial score (nSPS) is 10.5. The molecule has 0 bridgehead atoms. The summed E-state index contributed by atoms with van der Waals surface area (Å²) in [5, 5.41) is 12.1. The molecule has 0 saturated heterocycles. The lowest BCUT2D eigenvalue weighted by molar-refractivity contribution is 0.244. The number of nitrogens with one attached hydrogen (secondary N) is 1. The molecule has 0 unspecified atom stereocenters. The van der Waals surface area contributed by atoms with Gasteiger partial charge in [-0.2, -0.15) is 0 Å². The fraction of sp³-hybridized carbons (Fsp3) is 0.167. The number of halogens is 2. The summed E-state index contributed by atoms with van der Waals surface area (Å²) in [5.74, 6) is 0.702. The van der Waals surface area contributed by atoms with E-state index in [4.69, 9.17) is 21.1 Å². The quantitative estimate of drug-likeness (QED) is 0.882. The number of rotatable bonds is 4. The molecule has 0 radical (unpaired) electrons. The Labute approximate surface area is 103 Å². The van der Waals surface area contributed by atoms with Crippen molar-refractivity contribution < 1.29 is 13.9 Å². The Morgan fingerprint density at radius 2 is 2.00 bits per heavy atom. The second kappa shape index (κ2) is 5.21. The van der Waals surface area contributed by atoms with Crippen LogP contribution in [-0.2, 0) is 13.2 Å². The van der Waals surface area contributed by atoms with Gasteiger partial charge in [-0.05, 0) is 30.3 Å². The Morgan fingerprint density at radius 3 is 2.65 bits per heavy atom. The Kier molecular flexibility index (Phi) is 3.66. The van der Waals surface area contributed by atoms with Crippen molar-refractivity contribution in [3.8, 4) is 0 Å². The highest BCUT2D eigenvalue weighted by atomic mass is 35.5. The molecule has 5 heteroatoms. The third-order valence-electron chi connectivity index (χ3n) is 2.26. The number of aliphatic hydroxyl groups is 1. The van der Waals surface area contributed by atoms with Gasteiger partial charge in [0.15, 0.2) is 0 Å². The zero-order valence-electron chi connectivity index (χ0n) is 8.91. The maximum absolute atomic E-state index is 13.4. The highest BCUT2D eigenvalue weighted by Gasteiger charge is 2.04. The van der Waals surface area contributed by atoms with Gasteiger partial charge < -0.3 is 14.8 Å². The van der Waals surface area contributed by atoms with Crippen LogP contribution in [0.25, 0.3) is 0 Å². The van der Waals surface area contributed by atoms with Crippen LogP contribution in [0.5, 0.6) is 0 Å². The zero-order chi connectivity index (χ0) is 12.3. The molecule has 17 heavy (non-hydrogen) atoms. The average molecular weight is 256 g/mol. The molecule has 0 aliphatic carbocycles. The number of benzene rings is 1. The van der Waals surface area contributed by atoms with Crippen molar-refractivity contribution in [1.82, 2.24) is 0 Å². The van der Waals surface area contributed by atoms with Crippen LogP contribution in [-0.4, -0.2) is 5.11 Å². The number of hydrogen-bond acceptors (Lipinski definition) is 3. The number of furan rings is 1. The van der Waals surface area contributed by atoms with E-state index in [1.807, 2.05) is 0 Å². The van der Waals surface area contributed by atoms with Crippen molar-refractivity contribution in [1.29, 1.82) is 0 Å². The Balaban J connectivity index is 2.02. The van der Waals surface area contributed by atoms with Crippen LogP contribution in [0.1, 0.15) is 11.5 Å². The molecule has 0 aliphatic rings. The summed E-state index contributed by atoms with van der Waals surface area (Å²) < 4.78 is 18.7. The molecule has 1 heterocycles. The van der Waals surface area contributed by atoms with Crippen LogP contribution in [0.15, 0.2) is 34.7 Å². The molecule has 0 saturated carbocycles. The Bertz CT molecular complexity index is 513. The molecule has 0 aliphatic heterocycles. The first-order valence-electron chi connectivity index (χ1n) is 5.06. The van der Waals surface area contributed by atoms with Crippen molar-refractivity contribution in [3.05, 3.63) is 52.7 Å². The summed E-state index contributed by atoms with van der Waals surface area (Å²) in [4.78, 5) is 0. The minimum Gasteiger partial charge on any atom is -0.462 e. The van der Waals surface area contributed by atoms with Crippen molar-refractivity contribution in [3.63, 3.8) is 0 Å². The molecule has 0 atom stereocenters. The molecule has 1 aromatic carbocycles. The zero-order valence-corrected chi connectivity index (χ0v) is 9.67. The number of aliphatic hydroxyl groups excluding tert-OH is 1. The van der Waals surface area contributed by atoms with E-state index in [0.717, 1.165) is 0 Å². The van der Waals surface area contributed by atoms with Crippen molar-refractivity contribution in [2.75, 3.05) is 5.32 Å². The van der Waals surface area contributed by atoms with Gasteiger partial charge in [0, 0.05) is 5.02 Å². The molecule has 0 fully saturated rings. The number of hydrogen-bond donors (Lipinski definition) is 2.